The standard InChI is InChI=1S/C13H26N2O/c1-11-7-12(2)9-13(8-11,10-16)15-5-3-14-4-6-15/h11-12,14,16H,3-10H2,1-2H3. The molecule has 1 aliphatic heterocycles. The topological polar surface area (TPSA) is 35.5 Å². The lowest BCUT2D eigenvalue weighted by atomic mass is 9.71. The summed E-state index contributed by atoms with van der Waals surface area (Å²) in [5.41, 5.74) is 0.0825. The normalized spacial score (nSPS) is 42.2. The molecule has 2 rings (SSSR count). The van der Waals surface area contributed by atoms with E-state index < -0.39 is 0 Å². The van der Waals surface area contributed by atoms with E-state index in [9.17, 15) is 5.11 Å². The lowest BCUT2D eigenvalue weighted by Gasteiger charge is -2.50. The zero-order chi connectivity index (χ0) is 11.6. The molecule has 0 aromatic rings. The van der Waals surface area contributed by atoms with Crippen LogP contribution in [0.2, 0.25) is 0 Å². The predicted molar refractivity (Wildman–Crippen MR) is 66.4 cm³/mol. The largest absolute Gasteiger partial charge is 0.394 e. The van der Waals surface area contributed by atoms with Gasteiger partial charge < -0.3 is 10.4 Å². The Morgan fingerprint density at radius 2 is 1.75 bits per heavy atom. The Hall–Kier alpha value is -0.120. The highest BCUT2D eigenvalue weighted by molar-refractivity contribution is 4.97. The molecule has 1 aliphatic carbocycles. The number of nitrogens with one attached hydrogen (secondary N) is 1. The van der Waals surface area contributed by atoms with Gasteiger partial charge in [-0.15, -0.1) is 0 Å². The van der Waals surface area contributed by atoms with Crippen LogP contribution in [0, 0.1) is 11.8 Å². The Bertz CT molecular complexity index is 216. The molecule has 2 atom stereocenters. The maximum Gasteiger partial charge on any atom is 0.0615 e. The average molecular weight is 226 g/mol. The Labute approximate surface area is 99.2 Å². The lowest BCUT2D eigenvalue weighted by Crippen LogP contribution is -2.60. The van der Waals surface area contributed by atoms with Gasteiger partial charge in [0.1, 0.15) is 0 Å². The molecular formula is C13H26N2O. The van der Waals surface area contributed by atoms with E-state index in [0.29, 0.717) is 6.61 Å². The first-order chi connectivity index (χ1) is 7.66. The van der Waals surface area contributed by atoms with Crippen LogP contribution in [0.15, 0.2) is 0 Å². The van der Waals surface area contributed by atoms with Gasteiger partial charge in [-0.25, -0.2) is 0 Å². The molecule has 0 spiro atoms. The highest BCUT2D eigenvalue weighted by Gasteiger charge is 2.42. The number of rotatable bonds is 2. The Balaban J connectivity index is 2.09. The van der Waals surface area contributed by atoms with Crippen molar-refractivity contribution in [2.24, 2.45) is 11.8 Å². The summed E-state index contributed by atoms with van der Waals surface area (Å²) in [6.45, 7) is 9.35. The van der Waals surface area contributed by atoms with Gasteiger partial charge in [-0.2, -0.15) is 0 Å². The first kappa shape index (κ1) is 12.3. The molecule has 0 aromatic carbocycles. The number of aliphatic hydroxyl groups excluding tert-OH is 1. The molecule has 2 unspecified atom stereocenters. The third-order valence-electron chi connectivity index (χ3n) is 4.34. The van der Waals surface area contributed by atoms with Gasteiger partial charge in [-0.3, -0.25) is 4.90 Å². The van der Waals surface area contributed by atoms with Crippen LogP contribution in [0.1, 0.15) is 33.1 Å². The van der Waals surface area contributed by atoms with Gasteiger partial charge in [0.25, 0.3) is 0 Å². The summed E-state index contributed by atoms with van der Waals surface area (Å²) in [7, 11) is 0. The van der Waals surface area contributed by atoms with Crippen molar-refractivity contribution in [2.75, 3.05) is 32.8 Å². The molecular weight excluding hydrogens is 200 g/mol. The molecule has 1 saturated heterocycles. The molecule has 1 saturated carbocycles. The second-order valence-corrected chi connectivity index (χ2v) is 5.97. The smallest absolute Gasteiger partial charge is 0.0615 e. The van der Waals surface area contributed by atoms with E-state index in [4.69, 9.17) is 0 Å². The monoisotopic (exact) mass is 226 g/mol. The van der Waals surface area contributed by atoms with Gasteiger partial charge in [0, 0.05) is 31.7 Å². The fourth-order valence-corrected chi connectivity index (χ4v) is 3.86. The third kappa shape index (κ3) is 2.41. The van der Waals surface area contributed by atoms with Crippen LogP contribution < -0.4 is 5.32 Å². The van der Waals surface area contributed by atoms with E-state index in [-0.39, 0.29) is 5.54 Å². The summed E-state index contributed by atoms with van der Waals surface area (Å²) in [5.74, 6) is 1.51. The molecule has 3 heteroatoms. The summed E-state index contributed by atoms with van der Waals surface area (Å²) in [6, 6.07) is 0. The van der Waals surface area contributed by atoms with Crippen LogP contribution in [-0.4, -0.2) is 48.3 Å². The first-order valence-corrected chi connectivity index (χ1v) is 6.73. The number of nitrogens with zero attached hydrogens (tertiary/aromatic N) is 1. The van der Waals surface area contributed by atoms with Crippen molar-refractivity contribution < 1.29 is 5.11 Å². The molecule has 1 heterocycles. The molecule has 0 aromatic heterocycles. The lowest BCUT2D eigenvalue weighted by molar-refractivity contribution is -0.0334. The molecule has 2 aliphatic rings. The fraction of sp³-hybridized carbons (Fsp3) is 1.00. The molecule has 94 valence electrons. The first-order valence-electron chi connectivity index (χ1n) is 6.73. The molecule has 3 nitrogen and oxygen atoms in total. The van der Waals surface area contributed by atoms with Crippen LogP contribution in [-0.2, 0) is 0 Å². The Kier molecular flexibility index (Phi) is 3.88. The van der Waals surface area contributed by atoms with Crippen LogP contribution in [0.25, 0.3) is 0 Å². The van der Waals surface area contributed by atoms with Gasteiger partial charge in [0.2, 0.25) is 0 Å². The van der Waals surface area contributed by atoms with Crippen molar-refractivity contribution in [3.8, 4) is 0 Å². The van der Waals surface area contributed by atoms with Crippen LogP contribution in [0.4, 0.5) is 0 Å². The van der Waals surface area contributed by atoms with Crippen molar-refractivity contribution in [2.45, 2.75) is 38.6 Å². The summed E-state index contributed by atoms with van der Waals surface area (Å²) in [4.78, 5) is 2.54. The van der Waals surface area contributed by atoms with Crippen molar-refractivity contribution in [3.63, 3.8) is 0 Å². The number of aliphatic hydroxyl groups is 1. The van der Waals surface area contributed by atoms with Crippen LogP contribution in [0.5, 0.6) is 0 Å². The van der Waals surface area contributed by atoms with Crippen molar-refractivity contribution in [1.29, 1.82) is 0 Å². The van der Waals surface area contributed by atoms with E-state index in [1.54, 1.807) is 0 Å². The summed E-state index contributed by atoms with van der Waals surface area (Å²) < 4.78 is 0. The van der Waals surface area contributed by atoms with Crippen LogP contribution in [0.3, 0.4) is 0 Å². The maximum absolute atomic E-state index is 9.87. The van der Waals surface area contributed by atoms with E-state index >= 15 is 0 Å². The van der Waals surface area contributed by atoms with E-state index in [1.807, 2.05) is 0 Å². The van der Waals surface area contributed by atoms with Crippen molar-refractivity contribution in [3.05, 3.63) is 0 Å². The average Bonchev–Trinajstić information content (AvgIpc) is 2.29. The second-order valence-electron chi connectivity index (χ2n) is 5.97. The molecule has 0 bridgehead atoms. The minimum absolute atomic E-state index is 0.0825. The fourth-order valence-electron chi connectivity index (χ4n) is 3.86. The maximum atomic E-state index is 9.87. The zero-order valence-electron chi connectivity index (χ0n) is 10.7. The van der Waals surface area contributed by atoms with Gasteiger partial charge in [0.05, 0.1) is 6.61 Å². The van der Waals surface area contributed by atoms with E-state index in [2.05, 4.69) is 24.1 Å². The van der Waals surface area contributed by atoms with E-state index in [1.165, 1.54) is 19.3 Å². The van der Waals surface area contributed by atoms with Crippen molar-refractivity contribution in [1.82, 2.24) is 10.2 Å². The van der Waals surface area contributed by atoms with Crippen molar-refractivity contribution >= 4 is 0 Å². The van der Waals surface area contributed by atoms with Gasteiger partial charge >= 0.3 is 0 Å². The third-order valence-corrected chi connectivity index (χ3v) is 4.34. The summed E-state index contributed by atoms with van der Waals surface area (Å²) in [5, 5.41) is 13.3. The number of hydrogen-bond donors (Lipinski definition) is 2. The Morgan fingerprint density at radius 1 is 1.19 bits per heavy atom. The molecule has 0 radical (unpaired) electrons. The number of piperazine rings is 1. The Morgan fingerprint density at radius 3 is 2.25 bits per heavy atom. The minimum atomic E-state index is 0.0825. The summed E-state index contributed by atoms with van der Waals surface area (Å²) in [6.07, 6.45) is 3.68. The SMILES string of the molecule is CC1CC(C)CC(CO)(N2CCNCC2)C1. The highest BCUT2D eigenvalue weighted by atomic mass is 16.3. The van der Waals surface area contributed by atoms with Gasteiger partial charge in [-0.05, 0) is 31.1 Å². The van der Waals surface area contributed by atoms with E-state index in [0.717, 1.165) is 38.0 Å². The van der Waals surface area contributed by atoms with Gasteiger partial charge in [0.15, 0.2) is 0 Å². The zero-order valence-corrected chi connectivity index (χ0v) is 10.7. The molecule has 2 fully saturated rings. The molecule has 2 N–H and O–H groups in total. The quantitative estimate of drug-likeness (QED) is 0.739. The summed E-state index contributed by atoms with van der Waals surface area (Å²) >= 11 is 0. The van der Waals surface area contributed by atoms with Gasteiger partial charge in [-0.1, -0.05) is 13.8 Å². The van der Waals surface area contributed by atoms with Crippen LogP contribution >= 0.6 is 0 Å². The number of hydrogen-bond acceptors (Lipinski definition) is 3. The molecule has 0 amide bonds. The molecule has 16 heavy (non-hydrogen) atoms. The highest BCUT2D eigenvalue weighted by Crippen LogP contribution is 2.39. The minimum Gasteiger partial charge on any atom is -0.394 e. The second kappa shape index (κ2) is 5.03. The predicted octanol–water partition coefficient (Wildman–Crippen LogP) is 1.08.